The van der Waals surface area contributed by atoms with E-state index in [2.05, 4.69) is 10.6 Å². The summed E-state index contributed by atoms with van der Waals surface area (Å²) in [6.45, 7) is 4.73. The number of aliphatic carboxylic acids is 1. The zero-order valence-electron chi connectivity index (χ0n) is 23.1. The van der Waals surface area contributed by atoms with Gasteiger partial charge in [-0.25, -0.2) is 13.2 Å². The number of nitrogens with zero attached hydrogens (tertiary/aromatic N) is 2. The summed E-state index contributed by atoms with van der Waals surface area (Å²) in [5, 5.41) is 15.2. The minimum atomic E-state index is -4.13. The van der Waals surface area contributed by atoms with E-state index < -0.39 is 39.5 Å². The number of amides is 3. The minimum Gasteiger partial charge on any atom is -0.480 e. The van der Waals surface area contributed by atoms with E-state index in [1.807, 2.05) is 0 Å². The zero-order chi connectivity index (χ0) is 30.5. The van der Waals surface area contributed by atoms with E-state index in [9.17, 15) is 32.7 Å². The highest BCUT2D eigenvalue weighted by Gasteiger charge is 2.41. The fourth-order valence-corrected chi connectivity index (χ4v) is 7.29. The van der Waals surface area contributed by atoms with Gasteiger partial charge in [-0.15, -0.1) is 0 Å². The van der Waals surface area contributed by atoms with Crippen LogP contribution in [0.5, 0.6) is 0 Å². The third-order valence-electron chi connectivity index (χ3n) is 7.31. The molecule has 0 aromatic heterocycles. The average molecular weight is 635 g/mol. The Bertz CT molecular complexity index is 1240. The molecule has 2 atom stereocenters. The molecule has 3 amide bonds. The molecule has 0 saturated carbocycles. The van der Waals surface area contributed by atoms with Crippen LogP contribution in [-0.2, 0) is 29.2 Å². The molecule has 2 fully saturated rings. The number of hydrogen-bond acceptors (Lipinski definition) is 7. The molecule has 228 valence electrons. The van der Waals surface area contributed by atoms with Gasteiger partial charge in [-0.2, -0.15) is 4.31 Å². The lowest BCUT2D eigenvalue weighted by atomic mass is 9.95. The Morgan fingerprint density at radius 3 is 2.24 bits per heavy atom. The third kappa shape index (κ3) is 8.77. The number of carboxylic acid groups (broad SMARTS) is 1. The van der Waals surface area contributed by atoms with Crippen LogP contribution in [0.4, 0.5) is 0 Å². The number of nitrogens with two attached hydrogens (primary N) is 1. The molecule has 3 rings (SSSR count). The molecule has 1 aromatic rings. The van der Waals surface area contributed by atoms with E-state index in [1.165, 1.54) is 18.2 Å². The Kier molecular flexibility index (Phi) is 11.0. The quantitative estimate of drug-likeness (QED) is 0.283. The van der Waals surface area contributed by atoms with Gasteiger partial charge in [0.25, 0.3) is 0 Å². The van der Waals surface area contributed by atoms with Crippen LogP contribution in [0.3, 0.4) is 0 Å². The second kappa shape index (κ2) is 13.7. The fraction of sp³-hybridized carbons (Fsp3) is 0.615. The zero-order valence-corrected chi connectivity index (χ0v) is 25.4. The van der Waals surface area contributed by atoms with Crippen molar-refractivity contribution in [2.45, 2.75) is 74.9 Å². The van der Waals surface area contributed by atoms with E-state index in [0.717, 1.165) is 4.31 Å². The van der Waals surface area contributed by atoms with Crippen molar-refractivity contribution in [2.24, 2.45) is 11.7 Å². The summed E-state index contributed by atoms with van der Waals surface area (Å²) in [5.74, 6) is -2.35. The maximum absolute atomic E-state index is 13.2. The van der Waals surface area contributed by atoms with Crippen LogP contribution in [0.15, 0.2) is 23.1 Å². The number of carboxylic acids is 1. The van der Waals surface area contributed by atoms with Crippen LogP contribution in [0.25, 0.3) is 0 Å². The second-order valence-corrected chi connectivity index (χ2v) is 13.8. The highest BCUT2D eigenvalue weighted by atomic mass is 35.5. The molecule has 15 heteroatoms. The molecule has 2 heterocycles. The van der Waals surface area contributed by atoms with E-state index in [0.29, 0.717) is 38.9 Å². The smallest absolute Gasteiger partial charge is 0.326 e. The average Bonchev–Trinajstić information content (AvgIpc) is 3.39. The van der Waals surface area contributed by atoms with Gasteiger partial charge >= 0.3 is 5.97 Å². The molecule has 0 radical (unpaired) electrons. The van der Waals surface area contributed by atoms with Crippen LogP contribution in [-0.4, -0.2) is 90.2 Å². The first-order valence-electron chi connectivity index (χ1n) is 13.5. The largest absolute Gasteiger partial charge is 0.480 e. The summed E-state index contributed by atoms with van der Waals surface area (Å²) >= 11 is 11.9. The van der Waals surface area contributed by atoms with Crippen molar-refractivity contribution < 1.29 is 32.7 Å². The molecule has 2 aliphatic heterocycles. The van der Waals surface area contributed by atoms with Crippen LogP contribution in [0.2, 0.25) is 10.0 Å². The van der Waals surface area contributed by atoms with Crippen LogP contribution >= 0.6 is 23.2 Å². The lowest BCUT2D eigenvalue weighted by Gasteiger charge is -2.33. The van der Waals surface area contributed by atoms with Gasteiger partial charge in [0, 0.05) is 42.6 Å². The molecule has 0 aliphatic carbocycles. The van der Waals surface area contributed by atoms with Gasteiger partial charge in [-0.3, -0.25) is 14.4 Å². The first-order valence-corrected chi connectivity index (χ1v) is 15.6. The Morgan fingerprint density at radius 1 is 1.07 bits per heavy atom. The second-order valence-electron chi connectivity index (χ2n) is 11.1. The number of benzene rings is 1. The van der Waals surface area contributed by atoms with Crippen molar-refractivity contribution in [3.05, 3.63) is 28.2 Å². The van der Waals surface area contributed by atoms with Crippen molar-refractivity contribution in [1.29, 1.82) is 0 Å². The van der Waals surface area contributed by atoms with Gasteiger partial charge < -0.3 is 26.4 Å². The highest BCUT2D eigenvalue weighted by Crippen LogP contribution is 2.30. The maximum atomic E-state index is 13.2. The van der Waals surface area contributed by atoms with Gasteiger partial charge in [0.15, 0.2) is 0 Å². The number of carbonyl (C=O) groups is 4. The molecular formula is C26H37Cl2N5O7S. The normalized spacial score (nSPS) is 19.5. The van der Waals surface area contributed by atoms with Crippen LogP contribution < -0.4 is 16.4 Å². The van der Waals surface area contributed by atoms with E-state index in [-0.39, 0.29) is 58.5 Å². The van der Waals surface area contributed by atoms with Crippen molar-refractivity contribution in [2.75, 3.05) is 26.2 Å². The maximum Gasteiger partial charge on any atom is 0.326 e. The molecule has 12 nitrogen and oxygen atoms in total. The standard InChI is InChI=1S/C26H37Cl2N5O7S/c1-26(2,29)25(38)30-15-16-7-10-32(11-8-16)22(34)6-5-20(24(36)37)31-23(35)21-4-3-9-33(21)41(39,40)19-13-17(27)12-18(28)14-19/h12-14,16,20-21H,3-11,15,29H2,1-2H3,(H,30,38)(H,31,35)(H,36,37)/t20-,21-/m0/s1. The molecule has 2 aliphatic rings. The van der Waals surface area contributed by atoms with Crippen molar-refractivity contribution in [3.8, 4) is 0 Å². The van der Waals surface area contributed by atoms with Gasteiger partial charge in [0.1, 0.15) is 12.1 Å². The third-order valence-corrected chi connectivity index (χ3v) is 9.64. The minimum absolute atomic E-state index is 0.0738. The van der Waals surface area contributed by atoms with Crippen molar-refractivity contribution in [1.82, 2.24) is 19.8 Å². The summed E-state index contributed by atoms with van der Waals surface area (Å²) in [4.78, 5) is 51.2. The topological polar surface area (TPSA) is 179 Å². The van der Waals surface area contributed by atoms with Gasteiger partial charge in [0.2, 0.25) is 27.7 Å². The summed E-state index contributed by atoms with van der Waals surface area (Å²) in [7, 11) is -4.13. The number of hydrogen-bond donors (Lipinski definition) is 4. The predicted molar refractivity (Wildman–Crippen MR) is 153 cm³/mol. The number of carbonyl (C=O) groups excluding carboxylic acids is 3. The van der Waals surface area contributed by atoms with Crippen LogP contribution in [0.1, 0.15) is 52.4 Å². The Labute approximate surface area is 249 Å². The summed E-state index contributed by atoms with van der Waals surface area (Å²) in [5.41, 5.74) is 4.82. The van der Waals surface area contributed by atoms with Crippen molar-refractivity contribution >= 4 is 56.9 Å². The Hall–Kier alpha value is -2.45. The molecular weight excluding hydrogens is 597 g/mol. The lowest BCUT2D eigenvalue weighted by molar-refractivity contribution is -0.143. The fourth-order valence-electron chi connectivity index (χ4n) is 4.91. The van der Waals surface area contributed by atoms with E-state index in [4.69, 9.17) is 28.9 Å². The Morgan fingerprint density at radius 2 is 1.68 bits per heavy atom. The molecule has 2 saturated heterocycles. The SMILES string of the molecule is CC(C)(N)C(=O)NCC1CCN(C(=O)CC[C@H](NC(=O)[C@@H]2CCCN2S(=O)(=O)c2cc(Cl)cc(Cl)c2)C(=O)O)CC1. The summed E-state index contributed by atoms with van der Waals surface area (Å²) in [6, 6.07) is 1.38. The van der Waals surface area contributed by atoms with Crippen LogP contribution in [0, 0.1) is 5.92 Å². The number of sulfonamides is 1. The molecule has 41 heavy (non-hydrogen) atoms. The molecule has 0 spiro atoms. The summed E-state index contributed by atoms with van der Waals surface area (Å²) < 4.78 is 27.5. The number of piperidine rings is 1. The van der Waals surface area contributed by atoms with E-state index in [1.54, 1.807) is 18.7 Å². The molecule has 0 unspecified atom stereocenters. The first-order chi connectivity index (χ1) is 19.1. The van der Waals surface area contributed by atoms with Gasteiger partial charge in [-0.05, 0) is 70.1 Å². The monoisotopic (exact) mass is 633 g/mol. The highest BCUT2D eigenvalue weighted by molar-refractivity contribution is 7.89. The number of halogens is 2. The number of likely N-dealkylation sites (tertiary alicyclic amines) is 1. The number of nitrogens with one attached hydrogen (secondary N) is 2. The predicted octanol–water partition coefficient (Wildman–Crippen LogP) is 1.59. The molecule has 0 bridgehead atoms. The first kappa shape index (κ1) is 33.1. The number of rotatable bonds is 11. The lowest BCUT2D eigenvalue weighted by Crippen LogP contribution is -2.51. The molecule has 1 aromatic carbocycles. The van der Waals surface area contributed by atoms with Gasteiger partial charge in [-0.1, -0.05) is 23.2 Å². The Balaban J connectivity index is 1.53. The van der Waals surface area contributed by atoms with E-state index >= 15 is 0 Å². The summed E-state index contributed by atoms with van der Waals surface area (Å²) in [6.07, 6.45) is 1.73. The van der Waals surface area contributed by atoms with Crippen molar-refractivity contribution in [3.63, 3.8) is 0 Å². The van der Waals surface area contributed by atoms with Gasteiger partial charge in [0.05, 0.1) is 10.4 Å². The molecule has 5 N–H and O–H groups in total.